The molecule has 1 aromatic carbocycles. The second kappa shape index (κ2) is 10.5. The Balaban J connectivity index is 1.25. The SMILES string of the molecule is O=C(O)NC1CCN(Cc2cn3c(C(=O)NCC(CC4CCC4)c4ccccc4)cccc3n2)C1. The van der Waals surface area contributed by atoms with Crippen LogP contribution in [0.5, 0.6) is 0 Å². The fourth-order valence-electron chi connectivity index (χ4n) is 5.32. The number of carbonyl (C=O) groups excluding carboxylic acids is 1. The number of hydrogen-bond donors (Lipinski definition) is 3. The van der Waals surface area contributed by atoms with Crippen LogP contribution in [-0.2, 0) is 6.54 Å². The monoisotopic (exact) mass is 475 g/mol. The molecule has 0 bridgehead atoms. The summed E-state index contributed by atoms with van der Waals surface area (Å²) in [5, 5.41) is 14.7. The van der Waals surface area contributed by atoms with Crippen molar-refractivity contribution in [3.8, 4) is 0 Å². The van der Waals surface area contributed by atoms with Gasteiger partial charge in [-0.25, -0.2) is 9.78 Å². The fraction of sp³-hybridized carbons (Fsp3) is 0.444. The molecule has 3 aromatic rings. The van der Waals surface area contributed by atoms with E-state index in [1.165, 1.54) is 24.8 Å². The van der Waals surface area contributed by atoms with E-state index in [1.807, 2.05) is 34.9 Å². The minimum atomic E-state index is -0.984. The van der Waals surface area contributed by atoms with Gasteiger partial charge in [-0.1, -0.05) is 55.7 Å². The second-order valence-electron chi connectivity index (χ2n) is 9.89. The Bertz CT molecular complexity index is 1170. The van der Waals surface area contributed by atoms with Crippen molar-refractivity contribution in [3.05, 3.63) is 71.7 Å². The van der Waals surface area contributed by atoms with E-state index in [0.29, 0.717) is 31.2 Å². The van der Waals surface area contributed by atoms with Crippen molar-refractivity contribution >= 4 is 17.6 Å². The molecule has 3 N–H and O–H groups in total. The summed E-state index contributed by atoms with van der Waals surface area (Å²) in [6.45, 7) is 2.71. The number of amides is 2. The van der Waals surface area contributed by atoms with Crippen LogP contribution in [0, 0.1) is 5.92 Å². The van der Waals surface area contributed by atoms with Crippen molar-refractivity contribution in [2.45, 2.75) is 50.6 Å². The third kappa shape index (κ3) is 5.65. The van der Waals surface area contributed by atoms with Gasteiger partial charge in [-0.15, -0.1) is 0 Å². The highest BCUT2D eigenvalue weighted by Gasteiger charge is 2.26. The zero-order valence-electron chi connectivity index (χ0n) is 19.9. The van der Waals surface area contributed by atoms with Gasteiger partial charge in [0.1, 0.15) is 11.3 Å². The van der Waals surface area contributed by atoms with Crippen molar-refractivity contribution < 1.29 is 14.7 Å². The molecule has 2 unspecified atom stereocenters. The Labute approximate surface area is 205 Å². The summed E-state index contributed by atoms with van der Waals surface area (Å²) >= 11 is 0. The number of likely N-dealkylation sites (tertiary alicyclic amines) is 1. The van der Waals surface area contributed by atoms with E-state index in [4.69, 9.17) is 10.1 Å². The number of benzene rings is 1. The van der Waals surface area contributed by atoms with E-state index in [2.05, 4.69) is 39.8 Å². The van der Waals surface area contributed by atoms with Gasteiger partial charge in [0, 0.05) is 44.3 Å². The molecule has 1 aliphatic carbocycles. The minimum Gasteiger partial charge on any atom is -0.465 e. The molecule has 2 aromatic heterocycles. The van der Waals surface area contributed by atoms with Crippen molar-refractivity contribution in [1.82, 2.24) is 24.9 Å². The number of fused-ring (bicyclic) bond motifs is 1. The number of carboxylic acid groups (broad SMARTS) is 1. The lowest BCUT2D eigenvalue weighted by Crippen LogP contribution is -2.35. The maximum atomic E-state index is 13.2. The molecule has 8 heteroatoms. The average molecular weight is 476 g/mol. The van der Waals surface area contributed by atoms with E-state index in [-0.39, 0.29) is 11.9 Å². The molecule has 2 aliphatic rings. The summed E-state index contributed by atoms with van der Waals surface area (Å²) in [5.74, 6) is 0.971. The molecule has 2 fully saturated rings. The van der Waals surface area contributed by atoms with Crippen LogP contribution in [0.15, 0.2) is 54.7 Å². The number of carbonyl (C=O) groups is 2. The topological polar surface area (TPSA) is 99.0 Å². The molecule has 5 rings (SSSR count). The summed E-state index contributed by atoms with van der Waals surface area (Å²) in [6.07, 6.45) is 6.73. The van der Waals surface area contributed by atoms with Crippen molar-refractivity contribution in [2.75, 3.05) is 19.6 Å². The molecule has 1 saturated carbocycles. The molecular formula is C27H33N5O3. The van der Waals surface area contributed by atoms with Gasteiger partial charge in [0.25, 0.3) is 5.91 Å². The Hall–Kier alpha value is -3.39. The first kappa shape index (κ1) is 23.4. The van der Waals surface area contributed by atoms with Gasteiger partial charge >= 0.3 is 6.09 Å². The Morgan fingerprint density at radius 1 is 1.09 bits per heavy atom. The normalized spacial score (nSPS) is 19.4. The predicted molar refractivity (Wildman–Crippen MR) is 134 cm³/mol. The number of imidazole rings is 1. The van der Waals surface area contributed by atoms with E-state index >= 15 is 0 Å². The summed E-state index contributed by atoms with van der Waals surface area (Å²) in [4.78, 5) is 31.0. The van der Waals surface area contributed by atoms with Crippen LogP contribution in [0.1, 0.15) is 59.8 Å². The fourth-order valence-corrected chi connectivity index (χ4v) is 5.32. The molecular weight excluding hydrogens is 442 g/mol. The number of pyridine rings is 1. The Morgan fingerprint density at radius 2 is 1.91 bits per heavy atom. The lowest BCUT2D eigenvalue weighted by molar-refractivity contribution is 0.0942. The lowest BCUT2D eigenvalue weighted by atomic mass is 9.77. The molecule has 1 aliphatic heterocycles. The van der Waals surface area contributed by atoms with Crippen LogP contribution in [-0.4, -0.2) is 57.1 Å². The highest BCUT2D eigenvalue weighted by atomic mass is 16.4. The summed E-state index contributed by atoms with van der Waals surface area (Å²) < 4.78 is 1.86. The van der Waals surface area contributed by atoms with Gasteiger partial charge in [0.05, 0.1) is 5.69 Å². The second-order valence-corrected chi connectivity index (χ2v) is 9.89. The number of nitrogens with zero attached hydrogens (tertiary/aromatic N) is 3. The summed E-state index contributed by atoms with van der Waals surface area (Å²) in [7, 11) is 0. The highest BCUT2D eigenvalue weighted by molar-refractivity contribution is 5.93. The van der Waals surface area contributed by atoms with Gasteiger partial charge in [-0.05, 0) is 36.5 Å². The average Bonchev–Trinajstić information content (AvgIpc) is 3.43. The number of rotatable bonds is 9. The smallest absolute Gasteiger partial charge is 0.404 e. The zero-order valence-corrected chi connectivity index (χ0v) is 19.9. The Morgan fingerprint density at radius 3 is 2.66 bits per heavy atom. The largest absolute Gasteiger partial charge is 0.465 e. The standard InChI is InChI=1S/C27H33N5O3/c33-26(28-15-21(14-19-6-4-7-19)20-8-2-1-3-9-20)24-10-5-11-25-29-23(18-32(24)25)17-31-13-12-22(16-31)30-27(34)35/h1-3,5,8-11,18-19,21-22,30H,4,6-7,12-17H2,(H,28,33)(H,34,35). The van der Waals surface area contributed by atoms with Crippen LogP contribution >= 0.6 is 0 Å². The van der Waals surface area contributed by atoms with E-state index in [0.717, 1.165) is 36.6 Å². The molecule has 3 heterocycles. The maximum Gasteiger partial charge on any atom is 0.404 e. The summed E-state index contributed by atoms with van der Waals surface area (Å²) in [5.41, 5.74) is 3.46. The number of nitrogens with one attached hydrogen (secondary N) is 2. The van der Waals surface area contributed by atoms with Crippen LogP contribution in [0.2, 0.25) is 0 Å². The minimum absolute atomic E-state index is 0.0524. The third-order valence-corrected chi connectivity index (χ3v) is 7.38. The molecule has 1 saturated heterocycles. The van der Waals surface area contributed by atoms with Crippen molar-refractivity contribution in [2.24, 2.45) is 5.92 Å². The molecule has 0 radical (unpaired) electrons. The maximum absolute atomic E-state index is 13.2. The van der Waals surface area contributed by atoms with Gasteiger partial charge < -0.3 is 15.7 Å². The van der Waals surface area contributed by atoms with Crippen LogP contribution in [0.3, 0.4) is 0 Å². The Kier molecular flexibility index (Phi) is 6.99. The van der Waals surface area contributed by atoms with E-state index in [9.17, 15) is 9.59 Å². The first-order valence-corrected chi connectivity index (χ1v) is 12.6. The first-order chi connectivity index (χ1) is 17.0. The van der Waals surface area contributed by atoms with Gasteiger partial charge in [-0.3, -0.25) is 14.1 Å². The molecule has 2 amide bonds. The van der Waals surface area contributed by atoms with Gasteiger partial charge in [0.15, 0.2) is 0 Å². The first-order valence-electron chi connectivity index (χ1n) is 12.6. The highest BCUT2D eigenvalue weighted by Crippen LogP contribution is 2.35. The van der Waals surface area contributed by atoms with E-state index in [1.54, 1.807) is 0 Å². The lowest BCUT2D eigenvalue weighted by Gasteiger charge is -2.30. The zero-order chi connectivity index (χ0) is 24.2. The van der Waals surface area contributed by atoms with E-state index < -0.39 is 6.09 Å². The third-order valence-electron chi connectivity index (χ3n) is 7.38. The number of hydrogen-bond acceptors (Lipinski definition) is 4. The molecule has 2 atom stereocenters. The van der Waals surface area contributed by atoms with Gasteiger partial charge in [-0.2, -0.15) is 0 Å². The molecule has 184 valence electrons. The quantitative estimate of drug-likeness (QED) is 0.436. The van der Waals surface area contributed by atoms with Crippen LogP contribution < -0.4 is 10.6 Å². The van der Waals surface area contributed by atoms with Crippen molar-refractivity contribution in [1.29, 1.82) is 0 Å². The van der Waals surface area contributed by atoms with Crippen LogP contribution in [0.4, 0.5) is 4.79 Å². The summed E-state index contributed by atoms with van der Waals surface area (Å²) in [6, 6.07) is 16.0. The molecule has 35 heavy (non-hydrogen) atoms. The van der Waals surface area contributed by atoms with Gasteiger partial charge in [0.2, 0.25) is 0 Å². The molecule has 0 spiro atoms. The number of aromatic nitrogens is 2. The van der Waals surface area contributed by atoms with Crippen LogP contribution in [0.25, 0.3) is 5.65 Å². The molecule has 8 nitrogen and oxygen atoms in total. The van der Waals surface area contributed by atoms with Crippen molar-refractivity contribution in [3.63, 3.8) is 0 Å². The predicted octanol–water partition coefficient (Wildman–Crippen LogP) is 3.88.